The van der Waals surface area contributed by atoms with Crippen LogP contribution in [0.1, 0.15) is 24.5 Å². The highest BCUT2D eigenvalue weighted by molar-refractivity contribution is 5.83. The fourth-order valence-electron chi connectivity index (χ4n) is 1.75. The molecule has 1 amide bonds. The molecule has 0 spiro atoms. The molecule has 116 valence electrons. The Labute approximate surface area is 123 Å². The second kappa shape index (κ2) is 7.64. The Bertz CT molecular complexity index is 513. The van der Waals surface area contributed by atoms with Crippen LogP contribution in [0.25, 0.3) is 0 Å². The zero-order valence-corrected chi connectivity index (χ0v) is 12.4. The molecule has 3 N–H and O–H groups in total. The Hall–Kier alpha value is -2.08. The molecule has 1 aromatic rings. The number of ether oxygens (including phenoxy) is 1. The van der Waals surface area contributed by atoms with E-state index in [4.69, 9.17) is 9.84 Å². The lowest BCUT2D eigenvalue weighted by Gasteiger charge is -2.17. The van der Waals surface area contributed by atoms with Gasteiger partial charge in [0, 0.05) is 0 Å². The van der Waals surface area contributed by atoms with Crippen molar-refractivity contribution < 1.29 is 24.5 Å². The maximum Gasteiger partial charge on any atom is 0.328 e. The van der Waals surface area contributed by atoms with Crippen LogP contribution in [0.15, 0.2) is 18.2 Å². The summed E-state index contributed by atoms with van der Waals surface area (Å²) in [4.78, 5) is 22.5. The molecule has 0 aromatic heterocycles. The summed E-state index contributed by atoms with van der Waals surface area (Å²) in [5, 5.41) is 20.4. The molecule has 0 aliphatic carbocycles. The smallest absolute Gasteiger partial charge is 0.328 e. The van der Waals surface area contributed by atoms with Crippen molar-refractivity contribution in [2.75, 3.05) is 6.61 Å². The SMILES string of the molecule is Cc1ccc(C)c(OCCC(=O)NC(C(=O)O)C(C)O)c1. The molecule has 6 nitrogen and oxygen atoms in total. The molecule has 1 rings (SSSR count). The van der Waals surface area contributed by atoms with Gasteiger partial charge in [-0.2, -0.15) is 0 Å². The number of aliphatic carboxylic acids is 1. The van der Waals surface area contributed by atoms with Crippen molar-refractivity contribution in [2.45, 2.75) is 39.3 Å². The van der Waals surface area contributed by atoms with Gasteiger partial charge in [0.1, 0.15) is 5.75 Å². The second-order valence-electron chi connectivity index (χ2n) is 4.99. The lowest BCUT2D eigenvalue weighted by atomic mass is 10.1. The van der Waals surface area contributed by atoms with Gasteiger partial charge in [0.25, 0.3) is 0 Å². The van der Waals surface area contributed by atoms with Crippen molar-refractivity contribution in [1.82, 2.24) is 5.32 Å². The molecule has 2 atom stereocenters. The average molecular weight is 295 g/mol. The predicted molar refractivity (Wildman–Crippen MR) is 77.3 cm³/mol. The third kappa shape index (κ3) is 5.43. The van der Waals surface area contributed by atoms with Gasteiger partial charge in [-0.25, -0.2) is 4.79 Å². The van der Waals surface area contributed by atoms with Crippen LogP contribution in [-0.4, -0.2) is 40.8 Å². The summed E-state index contributed by atoms with van der Waals surface area (Å²) in [5.41, 5.74) is 2.02. The minimum Gasteiger partial charge on any atom is -0.493 e. The highest BCUT2D eigenvalue weighted by Crippen LogP contribution is 2.19. The first-order valence-corrected chi connectivity index (χ1v) is 6.71. The van der Waals surface area contributed by atoms with Gasteiger partial charge in [-0.05, 0) is 38.0 Å². The summed E-state index contributed by atoms with van der Waals surface area (Å²) < 4.78 is 5.52. The molecule has 0 aliphatic rings. The number of aliphatic hydroxyl groups is 1. The number of carbonyl (C=O) groups is 2. The highest BCUT2D eigenvalue weighted by Gasteiger charge is 2.24. The number of carboxylic acid groups (broad SMARTS) is 1. The Morgan fingerprint density at radius 2 is 2.00 bits per heavy atom. The third-order valence-corrected chi connectivity index (χ3v) is 3.00. The molecular weight excluding hydrogens is 274 g/mol. The van der Waals surface area contributed by atoms with Crippen LogP contribution in [0.5, 0.6) is 5.75 Å². The summed E-state index contributed by atoms with van der Waals surface area (Å²) in [6.07, 6.45) is -1.14. The fourth-order valence-corrected chi connectivity index (χ4v) is 1.75. The molecule has 0 bridgehead atoms. The Morgan fingerprint density at radius 3 is 2.57 bits per heavy atom. The molecule has 0 saturated heterocycles. The number of rotatable bonds is 7. The van der Waals surface area contributed by atoms with E-state index in [9.17, 15) is 14.7 Å². The Kier molecular flexibility index (Phi) is 6.17. The number of carboxylic acids is 1. The monoisotopic (exact) mass is 295 g/mol. The van der Waals surface area contributed by atoms with Gasteiger partial charge in [-0.1, -0.05) is 12.1 Å². The van der Waals surface area contributed by atoms with Crippen molar-refractivity contribution in [3.63, 3.8) is 0 Å². The first-order chi connectivity index (χ1) is 9.81. The molecule has 1 aromatic carbocycles. The Morgan fingerprint density at radius 1 is 1.33 bits per heavy atom. The maximum atomic E-state index is 11.6. The van der Waals surface area contributed by atoms with Gasteiger partial charge in [0.05, 0.1) is 19.1 Å². The maximum absolute atomic E-state index is 11.6. The minimum absolute atomic E-state index is 0.0177. The summed E-state index contributed by atoms with van der Waals surface area (Å²) in [6, 6.07) is 4.47. The van der Waals surface area contributed by atoms with Gasteiger partial charge < -0.3 is 20.3 Å². The molecule has 0 aliphatic heterocycles. The number of nitrogens with one attached hydrogen (secondary N) is 1. The normalized spacial score (nSPS) is 13.3. The van der Waals surface area contributed by atoms with Crippen LogP contribution >= 0.6 is 0 Å². The quantitative estimate of drug-likeness (QED) is 0.698. The summed E-state index contributed by atoms with van der Waals surface area (Å²) >= 11 is 0. The summed E-state index contributed by atoms with van der Waals surface area (Å²) in [7, 11) is 0. The van der Waals surface area contributed by atoms with E-state index in [0.29, 0.717) is 5.75 Å². The molecule has 0 fully saturated rings. The van der Waals surface area contributed by atoms with Crippen LogP contribution < -0.4 is 10.1 Å². The van der Waals surface area contributed by atoms with E-state index < -0.39 is 24.0 Å². The van der Waals surface area contributed by atoms with E-state index in [1.54, 1.807) is 0 Å². The highest BCUT2D eigenvalue weighted by atomic mass is 16.5. The third-order valence-electron chi connectivity index (χ3n) is 3.00. The number of amides is 1. The Balaban J connectivity index is 2.46. The van der Waals surface area contributed by atoms with E-state index in [0.717, 1.165) is 11.1 Å². The van der Waals surface area contributed by atoms with E-state index in [2.05, 4.69) is 5.32 Å². The number of carbonyl (C=O) groups excluding carboxylic acids is 1. The molecule has 0 radical (unpaired) electrons. The van der Waals surface area contributed by atoms with Crippen LogP contribution in [0.3, 0.4) is 0 Å². The molecule has 0 saturated carbocycles. The van der Waals surface area contributed by atoms with Crippen molar-refractivity contribution in [3.8, 4) is 5.75 Å². The predicted octanol–water partition coefficient (Wildman–Crippen LogP) is 1.02. The number of hydrogen-bond acceptors (Lipinski definition) is 4. The first kappa shape index (κ1) is 17.0. The summed E-state index contributed by atoms with van der Waals surface area (Å²) in [6.45, 7) is 5.30. The molecule has 21 heavy (non-hydrogen) atoms. The molecule has 0 heterocycles. The van der Waals surface area contributed by atoms with E-state index in [1.165, 1.54) is 6.92 Å². The van der Waals surface area contributed by atoms with Crippen LogP contribution in [0, 0.1) is 13.8 Å². The molecule has 2 unspecified atom stereocenters. The lowest BCUT2D eigenvalue weighted by molar-refractivity contribution is -0.144. The fraction of sp³-hybridized carbons (Fsp3) is 0.467. The topological polar surface area (TPSA) is 95.9 Å². The van der Waals surface area contributed by atoms with E-state index >= 15 is 0 Å². The van der Waals surface area contributed by atoms with Crippen molar-refractivity contribution in [1.29, 1.82) is 0 Å². The van der Waals surface area contributed by atoms with Gasteiger partial charge in [0.15, 0.2) is 6.04 Å². The van der Waals surface area contributed by atoms with E-state index in [-0.39, 0.29) is 13.0 Å². The van der Waals surface area contributed by atoms with Crippen molar-refractivity contribution >= 4 is 11.9 Å². The number of hydrogen-bond donors (Lipinski definition) is 3. The summed E-state index contributed by atoms with van der Waals surface area (Å²) in [5.74, 6) is -1.05. The second-order valence-corrected chi connectivity index (χ2v) is 4.99. The molecule has 6 heteroatoms. The number of benzene rings is 1. The molecular formula is C15H21NO5. The van der Waals surface area contributed by atoms with E-state index in [1.807, 2.05) is 32.0 Å². The van der Waals surface area contributed by atoms with Crippen molar-refractivity contribution in [3.05, 3.63) is 29.3 Å². The standard InChI is InChI=1S/C15H21NO5/c1-9-4-5-10(2)12(8-9)21-7-6-13(18)16-14(11(3)17)15(19)20/h4-5,8,11,14,17H,6-7H2,1-3H3,(H,16,18)(H,19,20). The van der Waals surface area contributed by atoms with Crippen LogP contribution in [0.2, 0.25) is 0 Å². The number of aryl methyl sites for hydroxylation is 2. The van der Waals surface area contributed by atoms with Crippen LogP contribution in [0.4, 0.5) is 0 Å². The first-order valence-electron chi connectivity index (χ1n) is 6.71. The zero-order chi connectivity index (χ0) is 16.0. The zero-order valence-electron chi connectivity index (χ0n) is 12.4. The number of aliphatic hydroxyl groups excluding tert-OH is 1. The van der Waals surface area contributed by atoms with Gasteiger partial charge >= 0.3 is 5.97 Å². The lowest BCUT2D eigenvalue weighted by Crippen LogP contribution is -2.47. The van der Waals surface area contributed by atoms with Gasteiger partial charge in [0.2, 0.25) is 5.91 Å². The largest absolute Gasteiger partial charge is 0.493 e. The minimum atomic E-state index is -1.31. The van der Waals surface area contributed by atoms with Crippen LogP contribution in [-0.2, 0) is 9.59 Å². The van der Waals surface area contributed by atoms with Gasteiger partial charge in [-0.3, -0.25) is 4.79 Å². The average Bonchev–Trinajstić information content (AvgIpc) is 2.39. The van der Waals surface area contributed by atoms with Crippen molar-refractivity contribution in [2.24, 2.45) is 0 Å². The van der Waals surface area contributed by atoms with Gasteiger partial charge in [-0.15, -0.1) is 0 Å².